The van der Waals surface area contributed by atoms with E-state index in [1.807, 2.05) is 0 Å². The second-order valence-electron chi connectivity index (χ2n) is 6.01. The SMILES string of the molecule is Cn1cc(S(=O)(=O)N2CCOCC2c2cccc(F)c2)c(=O)n(C)c1=O. The third-order valence-corrected chi connectivity index (χ3v) is 6.20. The van der Waals surface area contributed by atoms with E-state index in [1.165, 1.54) is 32.3 Å². The lowest BCUT2D eigenvalue weighted by atomic mass is 10.1. The van der Waals surface area contributed by atoms with Crippen molar-refractivity contribution >= 4 is 10.0 Å². The molecule has 1 aromatic carbocycles. The summed E-state index contributed by atoms with van der Waals surface area (Å²) in [5, 5.41) is 0. The highest BCUT2D eigenvalue weighted by Crippen LogP contribution is 2.29. The van der Waals surface area contributed by atoms with Crippen molar-refractivity contribution in [3.05, 3.63) is 62.7 Å². The van der Waals surface area contributed by atoms with Crippen molar-refractivity contribution in [1.82, 2.24) is 13.4 Å². The first-order valence-electron chi connectivity index (χ1n) is 7.85. The summed E-state index contributed by atoms with van der Waals surface area (Å²) in [4.78, 5) is 23.7. The molecule has 0 N–H and O–H groups in total. The topological polar surface area (TPSA) is 90.6 Å². The number of nitrogens with zero attached hydrogens (tertiary/aromatic N) is 3. The summed E-state index contributed by atoms with van der Waals surface area (Å²) in [6.07, 6.45) is 1.01. The van der Waals surface area contributed by atoms with Crippen molar-refractivity contribution in [2.24, 2.45) is 14.1 Å². The largest absolute Gasteiger partial charge is 0.378 e. The number of ether oxygens (including phenoxy) is 1. The van der Waals surface area contributed by atoms with Gasteiger partial charge in [-0.1, -0.05) is 12.1 Å². The van der Waals surface area contributed by atoms with Crippen molar-refractivity contribution in [2.45, 2.75) is 10.9 Å². The summed E-state index contributed by atoms with van der Waals surface area (Å²) in [5.74, 6) is -0.497. The highest BCUT2D eigenvalue weighted by molar-refractivity contribution is 7.89. The van der Waals surface area contributed by atoms with Gasteiger partial charge in [0.05, 0.1) is 19.3 Å². The molecule has 0 amide bonds. The van der Waals surface area contributed by atoms with E-state index in [9.17, 15) is 22.4 Å². The van der Waals surface area contributed by atoms with Gasteiger partial charge in [-0.2, -0.15) is 4.31 Å². The number of rotatable bonds is 3. The van der Waals surface area contributed by atoms with E-state index >= 15 is 0 Å². The first-order valence-corrected chi connectivity index (χ1v) is 9.29. The second-order valence-corrected chi connectivity index (χ2v) is 7.87. The molecule has 1 atom stereocenters. The van der Waals surface area contributed by atoms with Crippen LogP contribution in [0, 0.1) is 5.82 Å². The maximum absolute atomic E-state index is 13.6. The molecule has 26 heavy (non-hydrogen) atoms. The van der Waals surface area contributed by atoms with Crippen LogP contribution < -0.4 is 11.2 Å². The van der Waals surface area contributed by atoms with Crippen molar-refractivity contribution in [1.29, 1.82) is 0 Å². The Labute approximate surface area is 149 Å². The number of benzene rings is 1. The number of morpholine rings is 1. The van der Waals surface area contributed by atoms with Crippen molar-refractivity contribution in [2.75, 3.05) is 19.8 Å². The quantitative estimate of drug-likeness (QED) is 0.743. The van der Waals surface area contributed by atoms with Gasteiger partial charge in [-0.15, -0.1) is 0 Å². The van der Waals surface area contributed by atoms with Crippen LogP contribution in [0.2, 0.25) is 0 Å². The van der Waals surface area contributed by atoms with Gasteiger partial charge in [0, 0.05) is 26.8 Å². The van der Waals surface area contributed by atoms with Crippen LogP contribution in [0.4, 0.5) is 4.39 Å². The van der Waals surface area contributed by atoms with Gasteiger partial charge in [-0.25, -0.2) is 17.6 Å². The van der Waals surface area contributed by atoms with E-state index in [0.29, 0.717) is 5.56 Å². The minimum Gasteiger partial charge on any atom is -0.378 e. The molecular formula is C16H18FN3O5S. The van der Waals surface area contributed by atoms with Gasteiger partial charge < -0.3 is 9.30 Å². The van der Waals surface area contributed by atoms with Crippen LogP contribution >= 0.6 is 0 Å². The molecule has 1 fully saturated rings. The summed E-state index contributed by atoms with van der Waals surface area (Å²) >= 11 is 0. The summed E-state index contributed by atoms with van der Waals surface area (Å²) in [6, 6.07) is 4.81. The van der Waals surface area contributed by atoms with Crippen molar-refractivity contribution in [3.63, 3.8) is 0 Å². The van der Waals surface area contributed by atoms with Gasteiger partial charge in [0.1, 0.15) is 5.82 Å². The standard InChI is InChI=1S/C16H18FN3O5S/c1-18-9-14(15(21)19(2)16(18)22)26(23,24)20-6-7-25-10-13(20)11-4-3-5-12(17)8-11/h3-5,8-9,13H,6-7,10H2,1-2H3. The molecule has 3 rings (SSSR count). The van der Waals surface area contributed by atoms with Crippen molar-refractivity contribution in [3.8, 4) is 0 Å². The third kappa shape index (κ3) is 3.11. The molecule has 1 unspecified atom stereocenters. The zero-order valence-corrected chi connectivity index (χ0v) is 15.1. The first-order chi connectivity index (χ1) is 12.2. The van der Waals surface area contributed by atoms with Crippen LogP contribution in [0.1, 0.15) is 11.6 Å². The zero-order valence-electron chi connectivity index (χ0n) is 14.3. The molecule has 0 radical (unpaired) electrons. The average Bonchev–Trinajstić information content (AvgIpc) is 2.63. The molecule has 1 aliphatic rings. The maximum Gasteiger partial charge on any atom is 0.330 e. The Kier molecular flexibility index (Phi) is 4.82. The van der Waals surface area contributed by atoms with E-state index in [4.69, 9.17) is 4.74 Å². The summed E-state index contributed by atoms with van der Waals surface area (Å²) in [5.41, 5.74) is -1.11. The highest BCUT2D eigenvalue weighted by atomic mass is 32.2. The zero-order chi connectivity index (χ0) is 19.1. The van der Waals surface area contributed by atoms with E-state index in [1.54, 1.807) is 6.07 Å². The van der Waals surface area contributed by atoms with E-state index in [2.05, 4.69) is 0 Å². The second kappa shape index (κ2) is 6.78. The van der Waals surface area contributed by atoms with Crippen molar-refractivity contribution < 1.29 is 17.5 Å². The van der Waals surface area contributed by atoms with E-state index in [0.717, 1.165) is 19.6 Å². The number of aryl methyl sites for hydroxylation is 1. The smallest absolute Gasteiger partial charge is 0.330 e. The number of aromatic nitrogens is 2. The molecule has 2 aromatic rings. The molecule has 10 heteroatoms. The minimum absolute atomic E-state index is 0.00943. The lowest BCUT2D eigenvalue weighted by Crippen LogP contribution is -2.47. The molecule has 0 aliphatic carbocycles. The minimum atomic E-state index is -4.23. The fraction of sp³-hybridized carbons (Fsp3) is 0.375. The molecule has 1 aromatic heterocycles. The van der Waals surface area contributed by atoms with Gasteiger partial charge in [0.25, 0.3) is 15.6 Å². The molecule has 0 bridgehead atoms. The Morgan fingerprint density at radius 2 is 1.96 bits per heavy atom. The highest BCUT2D eigenvalue weighted by Gasteiger charge is 2.37. The van der Waals surface area contributed by atoms with Crippen LogP contribution in [-0.2, 0) is 28.9 Å². The van der Waals surface area contributed by atoms with E-state index in [-0.39, 0.29) is 19.8 Å². The van der Waals surface area contributed by atoms with Gasteiger partial charge in [0.2, 0.25) is 0 Å². The van der Waals surface area contributed by atoms with Gasteiger partial charge in [0.15, 0.2) is 4.90 Å². The predicted octanol–water partition coefficient (Wildman–Crippen LogP) is -0.0147. The Balaban J connectivity index is 2.13. The maximum atomic E-state index is 13.6. The van der Waals surface area contributed by atoms with Gasteiger partial charge in [-0.3, -0.25) is 9.36 Å². The molecule has 1 aliphatic heterocycles. The summed E-state index contributed by atoms with van der Waals surface area (Å²) in [7, 11) is -1.65. The Hall–Kier alpha value is -2.30. The molecule has 8 nitrogen and oxygen atoms in total. The number of hydrogen-bond donors (Lipinski definition) is 0. The molecule has 0 spiro atoms. The van der Waals surface area contributed by atoms with Crippen LogP contribution in [0.5, 0.6) is 0 Å². The lowest BCUT2D eigenvalue weighted by Gasteiger charge is -2.34. The van der Waals surface area contributed by atoms with Crippen LogP contribution in [0.15, 0.2) is 44.9 Å². The lowest BCUT2D eigenvalue weighted by molar-refractivity contribution is 0.0319. The molecule has 140 valence electrons. The average molecular weight is 383 g/mol. The summed E-state index contributed by atoms with van der Waals surface area (Å²) in [6.45, 7) is 0.196. The Bertz CT molecular complexity index is 1060. The fourth-order valence-electron chi connectivity index (χ4n) is 2.93. The van der Waals surface area contributed by atoms with Gasteiger partial charge in [-0.05, 0) is 17.7 Å². The normalized spacial score (nSPS) is 18.8. The monoisotopic (exact) mass is 383 g/mol. The van der Waals surface area contributed by atoms with Crippen LogP contribution in [0.25, 0.3) is 0 Å². The van der Waals surface area contributed by atoms with Gasteiger partial charge >= 0.3 is 5.69 Å². The Morgan fingerprint density at radius 1 is 1.23 bits per heavy atom. The third-order valence-electron chi connectivity index (χ3n) is 4.31. The number of halogens is 1. The molecule has 0 saturated carbocycles. The Morgan fingerprint density at radius 3 is 2.65 bits per heavy atom. The summed E-state index contributed by atoms with van der Waals surface area (Å²) < 4.78 is 48.1. The van der Waals surface area contributed by atoms with E-state index < -0.39 is 38.0 Å². The predicted molar refractivity (Wildman–Crippen MR) is 90.8 cm³/mol. The molecule has 1 saturated heterocycles. The number of sulfonamides is 1. The molecular weight excluding hydrogens is 365 g/mol. The number of hydrogen-bond acceptors (Lipinski definition) is 5. The van der Waals surface area contributed by atoms with Crippen LogP contribution in [0.3, 0.4) is 0 Å². The van der Waals surface area contributed by atoms with Crippen LogP contribution in [-0.4, -0.2) is 41.6 Å². The fourth-order valence-corrected chi connectivity index (χ4v) is 4.66. The molecule has 2 heterocycles. The first kappa shape index (κ1) is 18.5.